The van der Waals surface area contributed by atoms with Crippen LogP contribution in [0.1, 0.15) is 16.8 Å². The van der Waals surface area contributed by atoms with Crippen LogP contribution in [0.3, 0.4) is 0 Å². The minimum absolute atomic E-state index is 0.504. The summed E-state index contributed by atoms with van der Waals surface area (Å²) in [7, 11) is 0. The minimum Gasteiger partial charge on any atom is -0.487 e. The second kappa shape index (κ2) is 6.31. The number of halogens is 1. The first-order chi connectivity index (χ1) is 8.70. The zero-order valence-corrected chi connectivity index (χ0v) is 12.6. The molecular formula is C13H15BrN2OS. The van der Waals surface area contributed by atoms with Gasteiger partial charge in [-0.1, -0.05) is 15.9 Å². The predicted molar refractivity (Wildman–Crippen MR) is 78.1 cm³/mol. The molecule has 2 rings (SSSR count). The molecule has 0 amide bonds. The van der Waals surface area contributed by atoms with E-state index in [0.717, 1.165) is 33.5 Å². The van der Waals surface area contributed by atoms with E-state index in [1.165, 1.54) is 0 Å². The van der Waals surface area contributed by atoms with E-state index < -0.39 is 0 Å². The van der Waals surface area contributed by atoms with Crippen LogP contribution in [0.5, 0.6) is 5.75 Å². The van der Waals surface area contributed by atoms with Crippen molar-refractivity contribution in [2.75, 3.05) is 6.54 Å². The van der Waals surface area contributed by atoms with Gasteiger partial charge in [-0.05, 0) is 43.1 Å². The SMILES string of the molecule is Cc1cc(Br)cc(CCN)c1OCc1cscn1. The molecule has 0 saturated carbocycles. The molecule has 2 aromatic rings. The van der Waals surface area contributed by atoms with Gasteiger partial charge in [-0.15, -0.1) is 11.3 Å². The van der Waals surface area contributed by atoms with Gasteiger partial charge in [0.2, 0.25) is 0 Å². The monoisotopic (exact) mass is 326 g/mol. The van der Waals surface area contributed by atoms with Crippen LogP contribution in [0.4, 0.5) is 0 Å². The largest absolute Gasteiger partial charge is 0.487 e. The number of nitrogens with zero attached hydrogens (tertiary/aromatic N) is 1. The lowest BCUT2D eigenvalue weighted by Crippen LogP contribution is -2.07. The lowest BCUT2D eigenvalue weighted by atomic mass is 10.1. The third-order valence-corrected chi connectivity index (χ3v) is 3.67. The van der Waals surface area contributed by atoms with E-state index in [0.29, 0.717) is 13.2 Å². The summed E-state index contributed by atoms with van der Waals surface area (Å²) < 4.78 is 6.95. The average molecular weight is 327 g/mol. The highest BCUT2D eigenvalue weighted by Crippen LogP contribution is 2.29. The molecule has 0 radical (unpaired) electrons. The maximum absolute atomic E-state index is 5.89. The molecule has 0 aliphatic heterocycles. The summed E-state index contributed by atoms with van der Waals surface area (Å²) in [6, 6.07) is 4.12. The zero-order chi connectivity index (χ0) is 13.0. The molecule has 0 atom stereocenters. The Morgan fingerprint density at radius 1 is 1.44 bits per heavy atom. The number of hydrogen-bond donors (Lipinski definition) is 1. The second-order valence-electron chi connectivity index (χ2n) is 4.02. The molecular weight excluding hydrogens is 312 g/mol. The van der Waals surface area contributed by atoms with E-state index >= 15 is 0 Å². The molecule has 18 heavy (non-hydrogen) atoms. The molecule has 0 saturated heterocycles. The summed E-state index contributed by atoms with van der Waals surface area (Å²) in [5.74, 6) is 0.927. The topological polar surface area (TPSA) is 48.1 Å². The van der Waals surface area contributed by atoms with E-state index in [4.69, 9.17) is 10.5 Å². The van der Waals surface area contributed by atoms with Gasteiger partial charge < -0.3 is 10.5 Å². The van der Waals surface area contributed by atoms with Crippen LogP contribution < -0.4 is 10.5 Å². The average Bonchev–Trinajstić information content (AvgIpc) is 2.81. The quantitative estimate of drug-likeness (QED) is 0.917. The fourth-order valence-electron chi connectivity index (χ4n) is 1.80. The van der Waals surface area contributed by atoms with Crippen molar-refractivity contribution >= 4 is 27.3 Å². The molecule has 96 valence electrons. The van der Waals surface area contributed by atoms with Crippen molar-refractivity contribution in [3.8, 4) is 5.75 Å². The van der Waals surface area contributed by atoms with Crippen molar-refractivity contribution in [2.24, 2.45) is 5.73 Å². The van der Waals surface area contributed by atoms with Crippen LogP contribution in [0.15, 0.2) is 27.5 Å². The van der Waals surface area contributed by atoms with Crippen LogP contribution >= 0.6 is 27.3 Å². The Balaban J connectivity index is 2.19. The Kier molecular flexibility index (Phi) is 4.74. The van der Waals surface area contributed by atoms with Gasteiger partial charge in [0.05, 0.1) is 11.2 Å². The van der Waals surface area contributed by atoms with Crippen LogP contribution in [0.2, 0.25) is 0 Å². The highest BCUT2D eigenvalue weighted by atomic mass is 79.9. The molecule has 0 fully saturated rings. The van der Waals surface area contributed by atoms with Crippen molar-refractivity contribution in [1.29, 1.82) is 0 Å². The summed E-state index contributed by atoms with van der Waals surface area (Å²) in [4.78, 5) is 4.21. The highest BCUT2D eigenvalue weighted by molar-refractivity contribution is 9.10. The van der Waals surface area contributed by atoms with Gasteiger partial charge in [0.15, 0.2) is 0 Å². The summed E-state index contributed by atoms with van der Waals surface area (Å²) in [5, 5.41) is 2.00. The predicted octanol–water partition coefficient (Wildman–Crippen LogP) is 3.29. The maximum atomic E-state index is 5.89. The molecule has 5 heteroatoms. The summed E-state index contributed by atoms with van der Waals surface area (Å²) in [6.45, 7) is 3.16. The van der Waals surface area contributed by atoms with Gasteiger partial charge in [0.1, 0.15) is 12.4 Å². The maximum Gasteiger partial charge on any atom is 0.131 e. The van der Waals surface area contributed by atoms with Gasteiger partial charge in [-0.2, -0.15) is 0 Å². The van der Waals surface area contributed by atoms with E-state index in [-0.39, 0.29) is 0 Å². The van der Waals surface area contributed by atoms with Crippen LogP contribution in [-0.4, -0.2) is 11.5 Å². The van der Waals surface area contributed by atoms with E-state index in [9.17, 15) is 0 Å². The van der Waals surface area contributed by atoms with Crippen molar-refractivity contribution in [1.82, 2.24) is 4.98 Å². The number of thiazole rings is 1. The molecule has 0 spiro atoms. The van der Waals surface area contributed by atoms with Crippen LogP contribution in [-0.2, 0) is 13.0 Å². The number of hydrogen-bond acceptors (Lipinski definition) is 4. The lowest BCUT2D eigenvalue weighted by Gasteiger charge is -2.14. The zero-order valence-electron chi connectivity index (χ0n) is 10.1. The van der Waals surface area contributed by atoms with E-state index in [1.807, 2.05) is 17.8 Å². The molecule has 0 aliphatic rings. The Morgan fingerprint density at radius 3 is 2.94 bits per heavy atom. The van der Waals surface area contributed by atoms with Crippen molar-refractivity contribution in [3.63, 3.8) is 0 Å². The van der Waals surface area contributed by atoms with Gasteiger partial charge in [-0.3, -0.25) is 0 Å². The van der Waals surface area contributed by atoms with Crippen molar-refractivity contribution in [2.45, 2.75) is 20.0 Å². The van der Waals surface area contributed by atoms with Gasteiger partial charge >= 0.3 is 0 Å². The Bertz CT molecular complexity index is 514. The van der Waals surface area contributed by atoms with Gasteiger partial charge in [0.25, 0.3) is 0 Å². The Morgan fingerprint density at radius 2 is 2.28 bits per heavy atom. The Hall–Kier alpha value is -0.910. The summed E-state index contributed by atoms with van der Waals surface area (Å²) in [5.41, 5.74) is 10.7. The second-order valence-corrected chi connectivity index (χ2v) is 5.65. The first kappa shape index (κ1) is 13.5. The van der Waals surface area contributed by atoms with Gasteiger partial charge in [0, 0.05) is 9.85 Å². The first-order valence-electron chi connectivity index (χ1n) is 5.69. The molecule has 1 aromatic carbocycles. The number of ether oxygens (including phenoxy) is 1. The van der Waals surface area contributed by atoms with Crippen molar-refractivity contribution < 1.29 is 4.74 Å². The third kappa shape index (κ3) is 3.31. The van der Waals surface area contributed by atoms with Crippen LogP contribution in [0.25, 0.3) is 0 Å². The number of nitrogens with two attached hydrogens (primary N) is 1. The molecule has 1 heterocycles. The Labute approximate surface area is 119 Å². The third-order valence-electron chi connectivity index (χ3n) is 2.58. The fourth-order valence-corrected chi connectivity index (χ4v) is 2.96. The summed E-state index contributed by atoms with van der Waals surface area (Å²) >= 11 is 5.08. The molecule has 0 bridgehead atoms. The highest BCUT2D eigenvalue weighted by Gasteiger charge is 2.09. The van der Waals surface area contributed by atoms with E-state index in [2.05, 4.69) is 33.0 Å². The number of rotatable bonds is 5. The smallest absolute Gasteiger partial charge is 0.131 e. The molecule has 0 aliphatic carbocycles. The number of benzene rings is 1. The fraction of sp³-hybridized carbons (Fsp3) is 0.308. The minimum atomic E-state index is 0.504. The van der Waals surface area contributed by atoms with Crippen molar-refractivity contribution in [3.05, 3.63) is 44.3 Å². The molecule has 3 nitrogen and oxygen atoms in total. The molecule has 0 unspecified atom stereocenters. The lowest BCUT2D eigenvalue weighted by molar-refractivity contribution is 0.297. The van der Waals surface area contributed by atoms with E-state index in [1.54, 1.807) is 11.3 Å². The molecule has 1 aromatic heterocycles. The standard InChI is InChI=1S/C13H15BrN2OS/c1-9-4-11(14)5-10(2-3-15)13(9)17-6-12-7-18-8-16-12/h4-5,7-8H,2-3,6,15H2,1H3. The normalized spacial score (nSPS) is 10.6. The summed E-state index contributed by atoms with van der Waals surface area (Å²) in [6.07, 6.45) is 0.812. The van der Waals surface area contributed by atoms with Gasteiger partial charge in [-0.25, -0.2) is 4.98 Å². The number of aryl methyl sites for hydroxylation is 1. The number of aromatic nitrogens is 1. The molecule has 2 N–H and O–H groups in total. The first-order valence-corrected chi connectivity index (χ1v) is 7.43. The van der Waals surface area contributed by atoms with Crippen LogP contribution in [0, 0.1) is 6.92 Å².